The molecule has 2 unspecified atom stereocenters. The van der Waals surface area contributed by atoms with Crippen LogP contribution in [0.4, 0.5) is 0 Å². The monoisotopic (exact) mass is 282 g/mol. The van der Waals surface area contributed by atoms with E-state index in [4.69, 9.17) is 5.11 Å². The Kier molecular flexibility index (Phi) is 5.40. The summed E-state index contributed by atoms with van der Waals surface area (Å²) < 4.78 is 0. The van der Waals surface area contributed by atoms with Gasteiger partial charge in [0.05, 0.1) is 0 Å². The number of carbonyl (C=O) groups excluding carboxylic acids is 2. The van der Waals surface area contributed by atoms with Gasteiger partial charge in [-0.15, -0.1) is 0 Å². The van der Waals surface area contributed by atoms with Gasteiger partial charge in [0, 0.05) is 32.6 Å². The van der Waals surface area contributed by atoms with Crippen LogP contribution in [0.15, 0.2) is 0 Å². The molecule has 0 radical (unpaired) electrons. The van der Waals surface area contributed by atoms with E-state index in [9.17, 15) is 9.59 Å². The highest BCUT2D eigenvalue weighted by molar-refractivity contribution is 5.79. The minimum atomic E-state index is -0.437. The number of aliphatic hydroxyl groups is 1. The Labute approximate surface area is 120 Å². The summed E-state index contributed by atoms with van der Waals surface area (Å²) in [5.74, 6) is 1.29. The SMILES string of the molecule is CC1CCCC(CC(=O)N2CCN(C(=O)CO)CC2)C1. The lowest BCUT2D eigenvalue weighted by Gasteiger charge is -2.36. The maximum Gasteiger partial charge on any atom is 0.248 e. The van der Waals surface area contributed by atoms with Gasteiger partial charge in [-0.1, -0.05) is 19.8 Å². The summed E-state index contributed by atoms with van der Waals surface area (Å²) in [7, 11) is 0. The first kappa shape index (κ1) is 15.3. The molecule has 2 fully saturated rings. The fourth-order valence-electron chi connectivity index (χ4n) is 3.43. The number of hydrogen-bond acceptors (Lipinski definition) is 3. The number of rotatable bonds is 3. The van der Waals surface area contributed by atoms with E-state index in [1.807, 2.05) is 4.90 Å². The van der Waals surface area contributed by atoms with Crippen LogP contribution in [-0.2, 0) is 9.59 Å². The molecule has 2 atom stereocenters. The molecule has 2 amide bonds. The Morgan fingerprint density at radius 2 is 1.65 bits per heavy atom. The van der Waals surface area contributed by atoms with Gasteiger partial charge in [-0.3, -0.25) is 9.59 Å². The number of nitrogens with zero attached hydrogens (tertiary/aromatic N) is 2. The smallest absolute Gasteiger partial charge is 0.248 e. The van der Waals surface area contributed by atoms with Crippen molar-refractivity contribution in [2.75, 3.05) is 32.8 Å². The van der Waals surface area contributed by atoms with E-state index in [1.54, 1.807) is 4.90 Å². The Morgan fingerprint density at radius 1 is 1.05 bits per heavy atom. The van der Waals surface area contributed by atoms with Crippen LogP contribution in [0.2, 0.25) is 0 Å². The van der Waals surface area contributed by atoms with E-state index in [-0.39, 0.29) is 11.8 Å². The lowest BCUT2D eigenvalue weighted by molar-refractivity contribution is -0.141. The van der Waals surface area contributed by atoms with Crippen molar-refractivity contribution in [2.45, 2.75) is 39.0 Å². The average Bonchev–Trinajstić information content (AvgIpc) is 2.46. The quantitative estimate of drug-likeness (QED) is 0.835. The van der Waals surface area contributed by atoms with Gasteiger partial charge in [-0.2, -0.15) is 0 Å². The van der Waals surface area contributed by atoms with E-state index in [1.165, 1.54) is 25.7 Å². The van der Waals surface area contributed by atoms with E-state index in [0.29, 0.717) is 38.5 Å². The van der Waals surface area contributed by atoms with Crippen molar-refractivity contribution in [1.29, 1.82) is 0 Å². The molecule has 1 aliphatic carbocycles. The molecule has 1 aliphatic heterocycles. The van der Waals surface area contributed by atoms with Crippen LogP contribution in [0.3, 0.4) is 0 Å². The van der Waals surface area contributed by atoms with Crippen molar-refractivity contribution in [3.8, 4) is 0 Å². The molecule has 0 aromatic rings. The topological polar surface area (TPSA) is 60.9 Å². The minimum absolute atomic E-state index is 0.236. The third-order valence-electron chi connectivity index (χ3n) is 4.63. The molecule has 114 valence electrons. The highest BCUT2D eigenvalue weighted by Gasteiger charge is 2.27. The molecule has 1 heterocycles. The second kappa shape index (κ2) is 7.07. The van der Waals surface area contributed by atoms with Crippen molar-refractivity contribution >= 4 is 11.8 Å². The predicted molar refractivity (Wildman–Crippen MR) is 76.0 cm³/mol. The lowest BCUT2D eigenvalue weighted by Crippen LogP contribution is -2.51. The number of hydrogen-bond donors (Lipinski definition) is 1. The normalized spacial score (nSPS) is 27.5. The molecule has 0 spiro atoms. The summed E-state index contributed by atoms with van der Waals surface area (Å²) >= 11 is 0. The van der Waals surface area contributed by atoms with Crippen LogP contribution in [0, 0.1) is 11.8 Å². The molecule has 2 rings (SSSR count). The second-order valence-electron chi connectivity index (χ2n) is 6.26. The Balaban J connectivity index is 1.75. The predicted octanol–water partition coefficient (Wildman–Crippen LogP) is 0.866. The zero-order valence-electron chi connectivity index (χ0n) is 12.4. The molecule has 0 bridgehead atoms. The summed E-state index contributed by atoms with van der Waals surface area (Å²) in [4.78, 5) is 27.2. The average molecular weight is 282 g/mol. The van der Waals surface area contributed by atoms with Gasteiger partial charge in [0.15, 0.2) is 0 Å². The Hall–Kier alpha value is -1.10. The minimum Gasteiger partial charge on any atom is -0.387 e. The molecule has 0 aromatic carbocycles. The highest BCUT2D eigenvalue weighted by atomic mass is 16.3. The molecule has 1 N–H and O–H groups in total. The van der Waals surface area contributed by atoms with Crippen LogP contribution in [0.5, 0.6) is 0 Å². The summed E-state index contributed by atoms with van der Waals surface area (Å²) in [6, 6.07) is 0. The fourth-order valence-corrected chi connectivity index (χ4v) is 3.43. The summed E-state index contributed by atoms with van der Waals surface area (Å²) in [5.41, 5.74) is 0. The molecule has 1 saturated heterocycles. The summed E-state index contributed by atoms with van der Waals surface area (Å²) in [5, 5.41) is 8.83. The van der Waals surface area contributed by atoms with E-state index < -0.39 is 6.61 Å². The van der Waals surface area contributed by atoms with Crippen molar-refractivity contribution < 1.29 is 14.7 Å². The van der Waals surface area contributed by atoms with Crippen LogP contribution >= 0.6 is 0 Å². The molecule has 20 heavy (non-hydrogen) atoms. The summed E-state index contributed by atoms with van der Waals surface area (Å²) in [6.45, 7) is 4.14. The van der Waals surface area contributed by atoms with Crippen molar-refractivity contribution in [2.24, 2.45) is 11.8 Å². The molecule has 5 heteroatoms. The molecular weight excluding hydrogens is 256 g/mol. The lowest BCUT2D eigenvalue weighted by atomic mass is 9.80. The van der Waals surface area contributed by atoms with Crippen LogP contribution in [0.1, 0.15) is 39.0 Å². The number of carbonyl (C=O) groups is 2. The van der Waals surface area contributed by atoms with Gasteiger partial charge in [0.25, 0.3) is 0 Å². The van der Waals surface area contributed by atoms with E-state index in [0.717, 1.165) is 5.92 Å². The number of aliphatic hydroxyl groups excluding tert-OH is 1. The van der Waals surface area contributed by atoms with Crippen LogP contribution < -0.4 is 0 Å². The largest absolute Gasteiger partial charge is 0.387 e. The van der Waals surface area contributed by atoms with Crippen molar-refractivity contribution in [3.05, 3.63) is 0 Å². The molecule has 0 aromatic heterocycles. The van der Waals surface area contributed by atoms with Crippen LogP contribution in [0.25, 0.3) is 0 Å². The van der Waals surface area contributed by atoms with Crippen LogP contribution in [-0.4, -0.2) is 59.5 Å². The van der Waals surface area contributed by atoms with E-state index in [2.05, 4.69) is 6.92 Å². The number of piperazine rings is 1. The first-order valence-electron chi connectivity index (χ1n) is 7.76. The zero-order valence-corrected chi connectivity index (χ0v) is 12.4. The zero-order chi connectivity index (χ0) is 14.5. The maximum absolute atomic E-state index is 12.3. The Bertz CT molecular complexity index is 351. The fraction of sp³-hybridized carbons (Fsp3) is 0.867. The third kappa shape index (κ3) is 3.95. The maximum atomic E-state index is 12.3. The van der Waals surface area contributed by atoms with E-state index >= 15 is 0 Å². The van der Waals surface area contributed by atoms with Gasteiger partial charge >= 0.3 is 0 Å². The van der Waals surface area contributed by atoms with Gasteiger partial charge in [-0.25, -0.2) is 0 Å². The van der Waals surface area contributed by atoms with Crippen molar-refractivity contribution in [1.82, 2.24) is 9.80 Å². The molecule has 2 aliphatic rings. The Morgan fingerprint density at radius 3 is 2.20 bits per heavy atom. The molecule has 5 nitrogen and oxygen atoms in total. The highest BCUT2D eigenvalue weighted by Crippen LogP contribution is 2.31. The first-order valence-corrected chi connectivity index (χ1v) is 7.76. The molecule has 1 saturated carbocycles. The molecular formula is C15H26N2O3. The first-order chi connectivity index (χ1) is 9.60. The standard InChI is InChI=1S/C15H26N2O3/c1-12-3-2-4-13(9-12)10-14(19)16-5-7-17(8-6-16)15(20)11-18/h12-13,18H,2-11H2,1H3. The van der Waals surface area contributed by atoms with Crippen molar-refractivity contribution in [3.63, 3.8) is 0 Å². The third-order valence-corrected chi connectivity index (χ3v) is 4.63. The van der Waals surface area contributed by atoms with Gasteiger partial charge in [0.1, 0.15) is 6.61 Å². The van der Waals surface area contributed by atoms with Gasteiger partial charge < -0.3 is 14.9 Å². The second-order valence-corrected chi connectivity index (χ2v) is 6.26. The number of amides is 2. The van der Waals surface area contributed by atoms with Gasteiger partial charge in [-0.05, 0) is 24.7 Å². The summed E-state index contributed by atoms with van der Waals surface area (Å²) in [6.07, 6.45) is 5.57. The van der Waals surface area contributed by atoms with Gasteiger partial charge in [0.2, 0.25) is 11.8 Å².